The summed E-state index contributed by atoms with van der Waals surface area (Å²) in [6, 6.07) is 11.2. The van der Waals surface area contributed by atoms with Crippen LogP contribution in [0.4, 0.5) is 5.69 Å². The molecule has 6 heteroatoms. The van der Waals surface area contributed by atoms with Crippen molar-refractivity contribution < 1.29 is 4.79 Å². The first-order valence-corrected chi connectivity index (χ1v) is 8.81. The molecule has 0 bridgehead atoms. The number of hydrogen-bond donors (Lipinski definition) is 1. The Hall–Kier alpha value is -2.47. The lowest BCUT2D eigenvalue weighted by molar-refractivity contribution is -0.122. The third-order valence-corrected chi connectivity index (χ3v) is 5.69. The van der Waals surface area contributed by atoms with Gasteiger partial charge in [-0.3, -0.25) is 9.59 Å². The Morgan fingerprint density at radius 3 is 2.71 bits per heavy atom. The van der Waals surface area contributed by atoms with Crippen LogP contribution in [-0.4, -0.2) is 24.0 Å². The van der Waals surface area contributed by atoms with Gasteiger partial charge in [-0.05, 0) is 43.2 Å². The molecule has 1 fully saturated rings. The Labute approximate surface area is 143 Å². The molecule has 2 heterocycles. The Kier molecular flexibility index (Phi) is 3.69. The topological polar surface area (TPSA) is 76.3 Å². The van der Waals surface area contributed by atoms with Crippen molar-refractivity contribution in [1.29, 1.82) is 0 Å². The van der Waals surface area contributed by atoms with Crippen LogP contribution < -0.4 is 16.1 Å². The largest absolute Gasteiger partial charge is 0.371 e. The lowest BCUT2D eigenvalue weighted by Gasteiger charge is -2.32. The first kappa shape index (κ1) is 15.1. The molecule has 5 nitrogen and oxygen atoms in total. The Bertz CT molecular complexity index is 944. The third-order valence-electron chi connectivity index (χ3n) is 4.60. The van der Waals surface area contributed by atoms with Crippen LogP contribution in [0, 0.1) is 5.92 Å². The van der Waals surface area contributed by atoms with E-state index in [-0.39, 0.29) is 17.3 Å². The van der Waals surface area contributed by atoms with Gasteiger partial charge in [0, 0.05) is 30.8 Å². The predicted octanol–water partition coefficient (Wildman–Crippen LogP) is 2.46. The van der Waals surface area contributed by atoms with E-state index in [0.29, 0.717) is 0 Å². The van der Waals surface area contributed by atoms with E-state index in [4.69, 9.17) is 5.73 Å². The number of piperidine rings is 1. The molecule has 1 aromatic carbocycles. The van der Waals surface area contributed by atoms with Gasteiger partial charge in [-0.25, -0.2) is 4.98 Å². The van der Waals surface area contributed by atoms with Crippen molar-refractivity contribution in [1.82, 2.24) is 4.98 Å². The van der Waals surface area contributed by atoms with Gasteiger partial charge in [0.25, 0.3) is 0 Å². The molecular formula is C18H17N3O2S. The average molecular weight is 339 g/mol. The van der Waals surface area contributed by atoms with Crippen LogP contribution in [0.5, 0.6) is 0 Å². The minimum atomic E-state index is -0.195. The van der Waals surface area contributed by atoms with Gasteiger partial charge in [0.05, 0.1) is 20.8 Å². The first-order chi connectivity index (χ1) is 11.6. The minimum absolute atomic E-state index is 0.00424. The van der Waals surface area contributed by atoms with Gasteiger partial charge in [0.1, 0.15) is 0 Å². The number of amides is 1. The molecule has 1 saturated heterocycles. The fraction of sp³-hybridized carbons (Fsp3) is 0.278. The number of hydrogen-bond acceptors (Lipinski definition) is 5. The molecule has 3 aliphatic rings. The van der Waals surface area contributed by atoms with E-state index in [1.165, 1.54) is 0 Å². The molecule has 1 aliphatic carbocycles. The summed E-state index contributed by atoms with van der Waals surface area (Å²) < 4.78 is 1.06. The lowest BCUT2D eigenvalue weighted by Crippen LogP contribution is -2.38. The lowest BCUT2D eigenvalue weighted by atomic mass is 9.96. The quantitative estimate of drug-likeness (QED) is 0.728. The monoisotopic (exact) mass is 339 g/mol. The number of carbonyl (C=O) groups excluding carboxylic acids is 1. The van der Waals surface area contributed by atoms with Gasteiger partial charge < -0.3 is 10.6 Å². The Morgan fingerprint density at radius 2 is 1.96 bits per heavy atom. The molecule has 0 spiro atoms. The number of carbonyl (C=O) groups is 1. The summed E-state index contributed by atoms with van der Waals surface area (Å²) in [6.45, 7) is 1.66. The summed E-state index contributed by atoms with van der Waals surface area (Å²) in [5, 5.41) is 0. The Balaban J connectivity index is 1.68. The van der Waals surface area contributed by atoms with E-state index >= 15 is 0 Å². The van der Waals surface area contributed by atoms with Gasteiger partial charge in [0.15, 0.2) is 5.43 Å². The van der Waals surface area contributed by atoms with E-state index in [1.807, 2.05) is 6.07 Å². The third kappa shape index (κ3) is 2.73. The SMILES string of the molecule is NC(=O)C1CCN(c2ccc3nc4ccc(=O)cc-4sc3c2)CC1. The molecular weight excluding hydrogens is 322 g/mol. The summed E-state index contributed by atoms with van der Waals surface area (Å²) in [5.41, 5.74) is 8.31. The molecule has 4 rings (SSSR count). The zero-order chi connectivity index (χ0) is 16.7. The molecule has 1 amide bonds. The number of rotatable bonds is 2. The molecule has 1 aromatic rings. The second kappa shape index (κ2) is 5.87. The number of primary amides is 1. The van der Waals surface area contributed by atoms with Gasteiger partial charge in [0.2, 0.25) is 5.91 Å². The van der Waals surface area contributed by atoms with Gasteiger partial charge in [-0.1, -0.05) is 0 Å². The zero-order valence-corrected chi connectivity index (χ0v) is 13.9. The molecule has 0 atom stereocenters. The molecule has 24 heavy (non-hydrogen) atoms. The summed E-state index contributed by atoms with van der Waals surface area (Å²) in [5.74, 6) is -0.204. The zero-order valence-electron chi connectivity index (χ0n) is 13.1. The van der Waals surface area contributed by atoms with E-state index in [9.17, 15) is 9.59 Å². The van der Waals surface area contributed by atoms with Crippen LogP contribution in [0.15, 0.2) is 41.2 Å². The molecule has 2 aliphatic heterocycles. The van der Waals surface area contributed by atoms with Gasteiger partial charge >= 0.3 is 0 Å². The number of anilines is 1. The smallest absolute Gasteiger partial charge is 0.220 e. The molecule has 0 saturated carbocycles. The number of benzene rings is 2. The molecule has 0 radical (unpaired) electrons. The second-order valence-corrected chi connectivity index (χ2v) is 7.24. The second-order valence-electron chi connectivity index (χ2n) is 6.16. The van der Waals surface area contributed by atoms with Crippen molar-refractivity contribution in [2.24, 2.45) is 11.7 Å². The number of fused-ring (bicyclic) bond motifs is 2. The molecule has 0 unspecified atom stereocenters. The van der Waals surface area contributed by atoms with Crippen LogP contribution in [-0.2, 0) is 4.79 Å². The highest BCUT2D eigenvalue weighted by Crippen LogP contribution is 2.33. The number of nitrogens with zero attached hydrogens (tertiary/aromatic N) is 2. The minimum Gasteiger partial charge on any atom is -0.371 e. The van der Waals surface area contributed by atoms with Crippen LogP contribution >= 0.6 is 11.3 Å². The van der Waals surface area contributed by atoms with Crippen molar-refractivity contribution in [2.45, 2.75) is 12.8 Å². The average Bonchev–Trinajstić information content (AvgIpc) is 2.59. The van der Waals surface area contributed by atoms with Crippen molar-refractivity contribution in [2.75, 3.05) is 18.0 Å². The summed E-state index contributed by atoms with van der Waals surface area (Å²) >= 11 is 1.59. The maximum Gasteiger partial charge on any atom is 0.220 e. The van der Waals surface area contributed by atoms with Crippen LogP contribution in [0.2, 0.25) is 0 Å². The van der Waals surface area contributed by atoms with E-state index < -0.39 is 0 Å². The molecule has 122 valence electrons. The Morgan fingerprint density at radius 1 is 1.17 bits per heavy atom. The van der Waals surface area contributed by atoms with Gasteiger partial charge in [-0.15, -0.1) is 11.3 Å². The van der Waals surface area contributed by atoms with Crippen LogP contribution in [0.3, 0.4) is 0 Å². The number of aromatic nitrogens is 1. The normalized spacial score (nSPS) is 15.9. The summed E-state index contributed by atoms with van der Waals surface area (Å²) in [7, 11) is 0. The van der Waals surface area contributed by atoms with Crippen LogP contribution in [0.25, 0.3) is 20.8 Å². The van der Waals surface area contributed by atoms with Crippen LogP contribution in [0.1, 0.15) is 12.8 Å². The highest BCUT2D eigenvalue weighted by Gasteiger charge is 2.23. The first-order valence-electron chi connectivity index (χ1n) is 7.99. The number of nitrogens with two attached hydrogens (primary N) is 1. The van der Waals surface area contributed by atoms with Crippen molar-refractivity contribution in [3.8, 4) is 10.6 Å². The van der Waals surface area contributed by atoms with E-state index in [0.717, 1.165) is 52.4 Å². The molecule has 0 aromatic heterocycles. The van der Waals surface area contributed by atoms with Crippen molar-refractivity contribution in [3.63, 3.8) is 0 Å². The fourth-order valence-corrected chi connectivity index (χ4v) is 4.24. The van der Waals surface area contributed by atoms with Gasteiger partial charge in [-0.2, -0.15) is 0 Å². The predicted molar refractivity (Wildman–Crippen MR) is 96.6 cm³/mol. The summed E-state index contributed by atoms with van der Waals surface area (Å²) in [6.07, 6.45) is 1.60. The highest BCUT2D eigenvalue weighted by atomic mass is 32.1. The molecule has 2 N–H and O–H groups in total. The van der Waals surface area contributed by atoms with E-state index in [1.54, 1.807) is 29.5 Å². The maximum atomic E-state index is 11.6. The summed E-state index contributed by atoms with van der Waals surface area (Å²) in [4.78, 5) is 30.7. The highest BCUT2D eigenvalue weighted by molar-refractivity contribution is 7.21. The van der Waals surface area contributed by atoms with Crippen molar-refractivity contribution >= 4 is 33.1 Å². The van der Waals surface area contributed by atoms with Crippen molar-refractivity contribution in [3.05, 3.63) is 46.6 Å². The van der Waals surface area contributed by atoms with E-state index in [2.05, 4.69) is 22.0 Å². The maximum absolute atomic E-state index is 11.6. The fourth-order valence-electron chi connectivity index (χ4n) is 3.21. The standard InChI is InChI=1S/C18H17N3O2S/c19-18(23)11-5-7-21(8-6-11)12-1-3-14-16(9-12)24-17-10-13(22)2-4-15(17)20-14/h1-4,9-11H,5-8H2,(H2,19,23).